The zero-order chi connectivity index (χ0) is 13.5. The quantitative estimate of drug-likeness (QED) is 0.833. The van der Waals surface area contributed by atoms with Crippen LogP contribution in [0.15, 0.2) is 60.7 Å². The van der Waals surface area contributed by atoms with Crippen molar-refractivity contribution >= 4 is 5.91 Å². The van der Waals surface area contributed by atoms with Crippen LogP contribution >= 0.6 is 0 Å². The van der Waals surface area contributed by atoms with E-state index in [0.29, 0.717) is 12.2 Å². The van der Waals surface area contributed by atoms with Crippen molar-refractivity contribution in [3.8, 4) is 0 Å². The molecule has 2 rings (SSSR count). The van der Waals surface area contributed by atoms with Gasteiger partial charge in [0.05, 0.1) is 0 Å². The van der Waals surface area contributed by atoms with Crippen LogP contribution in [-0.4, -0.2) is 12.5 Å². The van der Waals surface area contributed by atoms with E-state index >= 15 is 0 Å². The largest absolute Gasteiger partial charge is 0.354 e. The Bertz CT molecular complexity index is 511. The summed E-state index contributed by atoms with van der Waals surface area (Å²) in [5, 5.41) is 2.89. The molecule has 0 fully saturated rings. The monoisotopic (exact) mass is 255 g/mol. The van der Waals surface area contributed by atoms with E-state index in [2.05, 4.69) is 5.32 Å². The van der Waals surface area contributed by atoms with Gasteiger partial charge in [-0.1, -0.05) is 48.5 Å². The summed E-state index contributed by atoms with van der Waals surface area (Å²) >= 11 is 0. The minimum absolute atomic E-state index is 0.136. The molecular formula is C16H17NO2. The molecule has 3 nitrogen and oxygen atoms in total. The van der Waals surface area contributed by atoms with Crippen molar-refractivity contribution in [1.29, 1.82) is 0 Å². The Labute approximate surface area is 113 Å². The molecule has 0 aliphatic rings. The molecular weight excluding hydrogens is 238 g/mol. The van der Waals surface area contributed by atoms with Crippen LogP contribution < -0.4 is 5.32 Å². The highest BCUT2D eigenvalue weighted by Gasteiger charge is 2.15. The normalized spacial score (nSPS) is 11.8. The van der Waals surface area contributed by atoms with Crippen LogP contribution in [0, 0.1) is 0 Å². The molecule has 0 aromatic heterocycles. The Kier molecular flexibility index (Phi) is 4.70. The minimum Gasteiger partial charge on any atom is -0.354 e. The molecule has 0 heterocycles. The second kappa shape index (κ2) is 6.71. The number of hydrogen-bond donors (Lipinski definition) is 1. The number of carbonyl (C=O) groups is 1. The van der Waals surface area contributed by atoms with Crippen molar-refractivity contribution in [1.82, 2.24) is 5.32 Å². The molecule has 0 spiro atoms. The van der Waals surface area contributed by atoms with Gasteiger partial charge in [0.2, 0.25) is 0 Å². The highest BCUT2D eigenvalue weighted by Crippen LogP contribution is 2.14. The maximum atomic E-state index is 12.1. The SMILES string of the molecule is CCOC(NC(=O)c1ccccc1)c1ccccc1. The molecule has 1 amide bonds. The molecule has 1 unspecified atom stereocenters. The zero-order valence-corrected chi connectivity index (χ0v) is 10.9. The van der Waals surface area contributed by atoms with E-state index in [9.17, 15) is 4.79 Å². The van der Waals surface area contributed by atoms with Crippen molar-refractivity contribution in [3.05, 3.63) is 71.8 Å². The second-order valence-corrected chi connectivity index (χ2v) is 4.09. The maximum absolute atomic E-state index is 12.1. The van der Waals surface area contributed by atoms with Gasteiger partial charge in [-0.25, -0.2) is 0 Å². The maximum Gasteiger partial charge on any atom is 0.253 e. The topological polar surface area (TPSA) is 38.3 Å². The van der Waals surface area contributed by atoms with Gasteiger partial charge >= 0.3 is 0 Å². The van der Waals surface area contributed by atoms with Crippen molar-refractivity contribution < 1.29 is 9.53 Å². The van der Waals surface area contributed by atoms with Gasteiger partial charge in [-0.15, -0.1) is 0 Å². The average molecular weight is 255 g/mol. The smallest absolute Gasteiger partial charge is 0.253 e. The first kappa shape index (κ1) is 13.3. The average Bonchev–Trinajstić information content (AvgIpc) is 2.48. The molecule has 1 atom stereocenters. The molecule has 19 heavy (non-hydrogen) atoms. The molecule has 2 aromatic rings. The Morgan fingerprint density at radius 3 is 2.21 bits per heavy atom. The summed E-state index contributed by atoms with van der Waals surface area (Å²) in [5.74, 6) is -0.136. The van der Waals surface area contributed by atoms with Gasteiger partial charge in [-0.2, -0.15) is 0 Å². The summed E-state index contributed by atoms with van der Waals surface area (Å²) in [5.41, 5.74) is 1.57. The van der Waals surface area contributed by atoms with Gasteiger partial charge in [-0.3, -0.25) is 4.79 Å². The predicted molar refractivity (Wildman–Crippen MR) is 74.7 cm³/mol. The van der Waals surface area contributed by atoms with E-state index < -0.39 is 6.23 Å². The fraction of sp³-hybridized carbons (Fsp3) is 0.188. The summed E-state index contributed by atoms with van der Waals surface area (Å²) < 4.78 is 5.59. The third-order valence-corrected chi connectivity index (χ3v) is 2.73. The van der Waals surface area contributed by atoms with Gasteiger partial charge in [0.15, 0.2) is 6.23 Å². The van der Waals surface area contributed by atoms with Crippen LogP contribution in [0.1, 0.15) is 29.1 Å². The van der Waals surface area contributed by atoms with E-state index in [-0.39, 0.29) is 5.91 Å². The molecule has 0 saturated heterocycles. The van der Waals surface area contributed by atoms with Crippen LogP contribution in [0.2, 0.25) is 0 Å². The van der Waals surface area contributed by atoms with Gasteiger partial charge in [-0.05, 0) is 19.1 Å². The number of benzene rings is 2. The van der Waals surface area contributed by atoms with E-state index in [1.165, 1.54) is 0 Å². The van der Waals surface area contributed by atoms with Crippen LogP contribution in [0.25, 0.3) is 0 Å². The summed E-state index contributed by atoms with van der Waals surface area (Å²) in [6.45, 7) is 2.44. The number of carbonyl (C=O) groups excluding carboxylic acids is 1. The Morgan fingerprint density at radius 2 is 1.63 bits per heavy atom. The van der Waals surface area contributed by atoms with Crippen LogP contribution in [0.4, 0.5) is 0 Å². The highest BCUT2D eigenvalue weighted by atomic mass is 16.5. The summed E-state index contributed by atoms with van der Waals surface area (Å²) in [7, 11) is 0. The van der Waals surface area contributed by atoms with Gasteiger partial charge in [0, 0.05) is 17.7 Å². The first-order valence-corrected chi connectivity index (χ1v) is 6.33. The predicted octanol–water partition coefficient (Wildman–Crippen LogP) is 3.15. The number of rotatable bonds is 5. The lowest BCUT2D eigenvalue weighted by Gasteiger charge is -2.19. The highest BCUT2D eigenvalue weighted by molar-refractivity contribution is 5.94. The van der Waals surface area contributed by atoms with E-state index in [4.69, 9.17) is 4.74 Å². The number of ether oxygens (including phenoxy) is 1. The fourth-order valence-electron chi connectivity index (χ4n) is 1.81. The molecule has 1 N–H and O–H groups in total. The van der Waals surface area contributed by atoms with Gasteiger partial charge in [0.25, 0.3) is 5.91 Å². The zero-order valence-electron chi connectivity index (χ0n) is 10.9. The van der Waals surface area contributed by atoms with Crippen molar-refractivity contribution in [3.63, 3.8) is 0 Å². The first-order chi connectivity index (χ1) is 9.31. The summed E-state index contributed by atoms with van der Waals surface area (Å²) in [6, 6.07) is 18.8. The molecule has 0 aliphatic carbocycles. The fourth-order valence-corrected chi connectivity index (χ4v) is 1.81. The molecule has 3 heteroatoms. The first-order valence-electron chi connectivity index (χ1n) is 6.33. The molecule has 0 radical (unpaired) electrons. The Morgan fingerprint density at radius 1 is 1.05 bits per heavy atom. The summed E-state index contributed by atoms with van der Waals surface area (Å²) in [4.78, 5) is 12.1. The molecule has 98 valence electrons. The number of hydrogen-bond acceptors (Lipinski definition) is 2. The Balaban J connectivity index is 2.11. The van der Waals surface area contributed by atoms with E-state index in [1.807, 2.05) is 55.5 Å². The van der Waals surface area contributed by atoms with Crippen LogP contribution in [0.5, 0.6) is 0 Å². The molecule has 0 saturated carbocycles. The lowest BCUT2D eigenvalue weighted by molar-refractivity contribution is 0.0336. The second-order valence-electron chi connectivity index (χ2n) is 4.09. The van der Waals surface area contributed by atoms with Crippen molar-refractivity contribution in [2.24, 2.45) is 0 Å². The number of nitrogens with one attached hydrogen (secondary N) is 1. The lowest BCUT2D eigenvalue weighted by Crippen LogP contribution is -2.30. The third-order valence-electron chi connectivity index (χ3n) is 2.73. The van der Waals surface area contributed by atoms with E-state index in [0.717, 1.165) is 5.56 Å². The molecule has 2 aromatic carbocycles. The summed E-state index contributed by atoms with van der Waals surface area (Å²) in [6.07, 6.45) is -0.418. The van der Waals surface area contributed by atoms with Gasteiger partial charge < -0.3 is 10.1 Å². The Hall–Kier alpha value is -2.13. The van der Waals surface area contributed by atoms with Crippen LogP contribution in [-0.2, 0) is 4.74 Å². The van der Waals surface area contributed by atoms with Crippen molar-refractivity contribution in [2.45, 2.75) is 13.2 Å². The third kappa shape index (κ3) is 3.66. The molecule has 0 bridgehead atoms. The van der Waals surface area contributed by atoms with Crippen molar-refractivity contribution in [2.75, 3.05) is 6.61 Å². The number of amides is 1. The molecule has 0 aliphatic heterocycles. The van der Waals surface area contributed by atoms with E-state index in [1.54, 1.807) is 12.1 Å². The van der Waals surface area contributed by atoms with Crippen LogP contribution in [0.3, 0.4) is 0 Å². The lowest BCUT2D eigenvalue weighted by atomic mass is 10.1. The minimum atomic E-state index is -0.418. The van der Waals surface area contributed by atoms with Gasteiger partial charge in [0.1, 0.15) is 0 Å². The standard InChI is InChI=1S/C16H17NO2/c1-2-19-16(14-11-7-4-8-12-14)17-15(18)13-9-5-3-6-10-13/h3-12,16H,2H2,1H3,(H,17,18).